The molecule has 0 amide bonds. The number of ether oxygens (including phenoxy) is 1. The Labute approximate surface area is 144 Å². The molecule has 0 N–H and O–H groups in total. The lowest BCUT2D eigenvalue weighted by molar-refractivity contribution is -0.147. The number of hydrogen-bond acceptors (Lipinski definition) is 5. The molecule has 4 rings (SSSR count). The smallest absolute Gasteiger partial charge is 0.312 e. The number of carbonyl (C=O) groups is 1. The van der Waals surface area contributed by atoms with Crippen molar-refractivity contribution in [1.29, 1.82) is 5.26 Å². The van der Waals surface area contributed by atoms with E-state index in [0.717, 1.165) is 24.8 Å². The number of benzene rings is 1. The van der Waals surface area contributed by atoms with E-state index in [9.17, 15) is 4.79 Å². The molecule has 2 fully saturated rings. The number of esters is 1. The summed E-state index contributed by atoms with van der Waals surface area (Å²) in [5.74, 6) is 0.179. The molecule has 2 aliphatic carbocycles. The molecule has 24 heavy (non-hydrogen) atoms. The molecule has 1 heterocycles. The van der Waals surface area contributed by atoms with Crippen LogP contribution in [0.1, 0.15) is 30.9 Å². The van der Waals surface area contributed by atoms with Crippen LogP contribution in [0.3, 0.4) is 0 Å². The third kappa shape index (κ3) is 2.12. The number of nitriles is 1. The molecule has 2 saturated carbocycles. The normalized spacial score (nSPS) is 27.4. The predicted molar refractivity (Wildman–Crippen MR) is 86.0 cm³/mol. The van der Waals surface area contributed by atoms with Crippen molar-refractivity contribution in [3.05, 3.63) is 35.0 Å². The van der Waals surface area contributed by atoms with Crippen LogP contribution in [-0.4, -0.2) is 28.1 Å². The molecule has 1 aromatic heterocycles. The second kappa shape index (κ2) is 5.32. The number of carbonyl (C=O) groups excluding carboxylic acids is 1. The lowest BCUT2D eigenvalue weighted by Gasteiger charge is -2.10. The van der Waals surface area contributed by atoms with E-state index in [1.165, 1.54) is 7.11 Å². The summed E-state index contributed by atoms with van der Waals surface area (Å²) < 4.78 is 6.80. The molecule has 0 aliphatic heterocycles. The van der Waals surface area contributed by atoms with E-state index >= 15 is 0 Å². The summed E-state index contributed by atoms with van der Waals surface area (Å²) in [4.78, 5) is 12.0. The molecule has 6 nitrogen and oxygen atoms in total. The SMILES string of the molecule is COC(=O)[C@@]12CC[C@@H](n3cc(-c4ccc(C#N)c(Cl)c4)nn3)[C@@H]1C2. The number of fused-ring (bicyclic) bond motifs is 1. The maximum absolute atomic E-state index is 12.0. The number of halogens is 1. The molecular formula is C17H15ClN4O2. The molecule has 3 atom stereocenters. The van der Waals surface area contributed by atoms with Gasteiger partial charge in [0, 0.05) is 5.56 Å². The lowest BCUT2D eigenvalue weighted by Crippen LogP contribution is -2.17. The minimum atomic E-state index is -0.302. The van der Waals surface area contributed by atoms with Gasteiger partial charge in [0.15, 0.2) is 0 Å². The van der Waals surface area contributed by atoms with E-state index in [-0.39, 0.29) is 23.3 Å². The van der Waals surface area contributed by atoms with E-state index in [4.69, 9.17) is 21.6 Å². The van der Waals surface area contributed by atoms with Gasteiger partial charge in [0.25, 0.3) is 0 Å². The predicted octanol–water partition coefficient (Wildman–Crippen LogP) is 2.98. The Morgan fingerprint density at radius 3 is 3.04 bits per heavy atom. The monoisotopic (exact) mass is 342 g/mol. The van der Waals surface area contributed by atoms with Gasteiger partial charge in [-0.2, -0.15) is 5.26 Å². The zero-order valence-corrected chi connectivity index (χ0v) is 13.8. The van der Waals surface area contributed by atoms with Crippen molar-refractivity contribution < 1.29 is 9.53 Å². The fraction of sp³-hybridized carbons (Fsp3) is 0.412. The summed E-state index contributed by atoms with van der Waals surface area (Å²) in [6.07, 6.45) is 4.49. The molecule has 0 saturated heterocycles. The first kappa shape index (κ1) is 15.2. The second-order valence-electron chi connectivity index (χ2n) is 6.45. The molecule has 122 valence electrons. The Hall–Kier alpha value is -2.39. The van der Waals surface area contributed by atoms with Crippen LogP contribution in [0, 0.1) is 22.7 Å². The highest BCUT2D eigenvalue weighted by molar-refractivity contribution is 6.32. The topological polar surface area (TPSA) is 80.8 Å². The Kier molecular flexibility index (Phi) is 3.36. The van der Waals surface area contributed by atoms with Crippen LogP contribution in [0.5, 0.6) is 0 Å². The van der Waals surface area contributed by atoms with Gasteiger partial charge in [-0.05, 0) is 37.3 Å². The highest BCUT2D eigenvalue weighted by atomic mass is 35.5. The van der Waals surface area contributed by atoms with Gasteiger partial charge in [-0.1, -0.05) is 22.9 Å². The standard InChI is InChI=1S/C17H15ClN4O2/c1-24-16(23)17-5-4-15(12(17)7-17)22-9-14(20-21-22)10-2-3-11(8-19)13(18)6-10/h2-3,6,9,12,15H,4-5,7H2,1H3/t12-,15+,17+/m0/s1. The van der Waals surface area contributed by atoms with Crippen LogP contribution >= 0.6 is 11.6 Å². The Morgan fingerprint density at radius 1 is 1.54 bits per heavy atom. The molecule has 0 unspecified atom stereocenters. The quantitative estimate of drug-likeness (QED) is 0.801. The minimum absolute atomic E-state index is 0.103. The van der Waals surface area contributed by atoms with Gasteiger partial charge in [0.2, 0.25) is 0 Å². The van der Waals surface area contributed by atoms with Crippen molar-refractivity contribution in [1.82, 2.24) is 15.0 Å². The van der Waals surface area contributed by atoms with Gasteiger partial charge in [-0.15, -0.1) is 5.10 Å². The van der Waals surface area contributed by atoms with E-state index in [0.29, 0.717) is 16.3 Å². The van der Waals surface area contributed by atoms with Crippen LogP contribution in [-0.2, 0) is 9.53 Å². The van der Waals surface area contributed by atoms with Crippen LogP contribution in [0.15, 0.2) is 24.4 Å². The number of nitrogens with zero attached hydrogens (tertiary/aromatic N) is 4. The van der Waals surface area contributed by atoms with Crippen LogP contribution in [0.25, 0.3) is 11.3 Å². The first-order chi connectivity index (χ1) is 11.6. The fourth-order valence-electron chi connectivity index (χ4n) is 3.92. The highest BCUT2D eigenvalue weighted by Crippen LogP contribution is 2.68. The molecule has 0 bridgehead atoms. The van der Waals surface area contributed by atoms with Crippen molar-refractivity contribution in [2.75, 3.05) is 7.11 Å². The van der Waals surface area contributed by atoms with E-state index < -0.39 is 0 Å². The average molecular weight is 343 g/mol. The third-order valence-corrected chi connectivity index (χ3v) is 5.62. The minimum Gasteiger partial charge on any atom is -0.469 e. The van der Waals surface area contributed by atoms with E-state index in [1.54, 1.807) is 12.1 Å². The number of rotatable bonds is 3. The van der Waals surface area contributed by atoms with Crippen molar-refractivity contribution in [3.63, 3.8) is 0 Å². The molecule has 7 heteroatoms. The maximum atomic E-state index is 12.0. The van der Waals surface area contributed by atoms with Gasteiger partial charge in [-0.25, -0.2) is 4.68 Å². The molecule has 1 aromatic carbocycles. The van der Waals surface area contributed by atoms with Crippen molar-refractivity contribution >= 4 is 17.6 Å². The van der Waals surface area contributed by atoms with Crippen LogP contribution < -0.4 is 0 Å². The molecular weight excluding hydrogens is 328 g/mol. The Bertz CT molecular complexity index is 872. The van der Waals surface area contributed by atoms with Gasteiger partial charge in [-0.3, -0.25) is 4.79 Å². The maximum Gasteiger partial charge on any atom is 0.312 e. The van der Waals surface area contributed by atoms with Gasteiger partial charge in [0.05, 0.1) is 35.3 Å². The van der Waals surface area contributed by atoms with Crippen LogP contribution in [0.2, 0.25) is 5.02 Å². The second-order valence-corrected chi connectivity index (χ2v) is 6.86. The van der Waals surface area contributed by atoms with Crippen molar-refractivity contribution in [3.8, 4) is 17.3 Å². The molecule has 2 aromatic rings. The zero-order valence-electron chi connectivity index (χ0n) is 13.1. The summed E-state index contributed by atoms with van der Waals surface area (Å²) in [6, 6.07) is 7.42. The number of hydrogen-bond donors (Lipinski definition) is 0. The first-order valence-electron chi connectivity index (χ1n) is 7.79. The Morgan fingerprint density at radius 2 is 2.38 bits per heavy atom. The van der Waals surface area contributed by atoms with E-state index in [1.807, 2.05) is 23.0 Å². The number of aromatic nitrogens is 3. The average Bonchev–Trinajstić information content (AvgIpc) is 2.97. The highest BCUT2D eigenvalue weighted by Gasteiger charge is 2.67. The third-order valence-electron chi connectivity index (χ3n) is 5.31. The molecule has 2 aliphatic rings. The fourth-order valence-corrected chi connectivity index (χ4v) is 4.15. The Balaban J connectivity index is 1.58. The summed E-state index contributed by atoms with van der Waals surface area (Å²) in [7, 11) is 1.45. The molecule has 0 radical (unpaired) electrons. The summed E-state index contributed by atoms with van der Waals surface area (Å²) >= 11 is 6.08. The zero-order chi connectivity index (χ0) is 16.9. The summed E-state index contributed by atoms with van der Waals surface area (Å²) in [6.45, 7) is 0. The first-order valence-corrected chi connectivity index (χ1v) is 8.17. The van der Waals surface area contributed by atoms with Gasteiger partial charge >= 0.3 is 5.97 Å². The van der Waals surface area contributed by atoms with Crippen LogP contribution in [0.4, 0.5) is 0 Å². The summed E-state index contributed by atoms with van der Waals surface area (Å²) in [5, 5.41) is 17.8. The van der Waals surface area contributed by atoms with E-state index in [2.05, 4.69) is 10.3 Å². The lowest BCUT2D eigenvalue weighted by atomic mass is 10.1. The van der Waals surface area contributed by atoms with Gasteiger partial charge in [0.1, 0.15) is 11.8 Å². The van der Waals surface area contributed by atoms with Crippen molar-refractivity contribution in [2.24, 2.45) is 11.3 Å². The number of methoxy groups -OCH3 is 1. The van der Waals surface area contributed by atoms with Crippen molar-refractivity contribution in [2.45, 2.75) is 25.3 Å². The summed E-state index contributed by atoms with van der Waals surface area (Å²) in [5.41, 5.74) is 1.66. The largest absolute Gasteiger partial charge is 0.469 e. The molecule has 0 spiro atoms. The van der Waals surface area contributed by atoms with Gasteiger partial charge < -0.3 is 4.74 Å².